The number of nitrogens with zero attached hydrogens (tertiary/aromatic N) is 4. The second-order valence-electron chi connectivity index (χ2n) is 9.99. The molecule has 2 heterocycles. The average Bonchev–Trinajstić information content (AvgIpc) is 3.26. The minimum absolute atomic E-state index is 0. The molecule has 202 valence electrons. The van der Waals surface area contributed by atoms with Gasteiger partial charge in [-0.15, -0.1) is 12.4 Å². The van der Waals surface area contributed by atoms with Crippen molar-refractivity contribution in [2.24, 2.45) is 11.8 Å². The quantitative estimate of drug-likeness (QED) is 0.377. The first-order chi connectivity index (χ1) is 17.1. The summed E-state index contributed by atoms with van der Waals surface area (Å²) in [5.41, 5.74) is 0.605. The Kier molecular flexibility index (Phi) is 9.68. The molecule has 2 aromatic carbocycles. The molecule has 37 heavy (non-hydrogen) atoms. The highest BCUT2D eigenvalue weighted by molar-refractivity contribution is 7.89. The monoisotopic (exact) mass is 568 g/mol. The van der Waals surface area contributed by atoms with E-state index in [-0.39, 0.29) is 28.7 Å². The van der Waals surface area contributed by atoms with Crippen molar-refractivity contribution < 1.29 is 17.6 Å². The Morgan fingerprint density at radius 1 is 1.08 bits per heavy atom. The summed E-state index contributed by atoms with van der Waals surface area (Å²) in [6.07, 6.45) is 1.72. The van der Waals surface area contributed by atoms with E-state index in [0.717, 1.165) is 13.0 Å². The van der Waals surface area contributed by atoms with E-state index in [1.165, 1.54) is 29.5 Å². The van der Waals surface area contributed by atoms with Gasteiger partial charge in [0.15, 0.2) is 5.13 Å². The smallest absolute Gasteiger partial charge is 0.260 e. The normalized spacial score (nSPS) is 18.6. The van der Waals surface area contributed by atoms with Gasteiger partial charge in [0.05, 0.1) is 9.60 Å². The van der Waals surface area contributed by atoms with Gasteiger partial charge in [-0.2, -0.15) is 4.31 Å². The van der Waals surface area contributed by atoms with Crippen LogP contribution >= 0.6 is 23.7 Å². The third-order valence-corrected chi connectivity index (χ3v) is 9.29. The van der Waals surface area contributed by atoms with E-state index in [1.54, 1.807) is 33.5 Å². The third kappa shape index (κ3) is 6.67. The molecule has 0 N–H and O–H groups in total. The topological polar surface area (TPSA) is 73.8 Å². The van der Waals surface area contributed by atoms with Crippen LogP contribution in [0.3, 0.4) is 0 Å². The van der Waals surface area contributed by atoms with Crippen LogP contribution < -0.4 is 4.90 Å². The molecular formula is C26H34ClFN4O3S2. The largest absolute Gasteiger partial charge is 0.309 e. The lowest BCUT2D eigenvalue weighted by molar-refractivity contribution is 0.0986. The lowest BCUT2D eigenvalue weighted by Gasteiger charge is -2.34. The number of fused-ring (bicyclic) bond motifs is 1. The Labute approximate surface area is 228 Å². The molecule has 1 aromatic heterocycles. The molecule has 7 nitrogen and oxygen atoms in total. The molecule has 3 aromatic rings. The van der Waals surface area contributed by atoms with Gasteiger partial charge in [0.2, 0.25) is 10.0 Å². The third-order valence-electron chi connectivity index (χ3n) is 6.40. The highest BCUT2D eigenvalue weighted by atomic mass is 35.5. The summed E-state index contributed by atoms with van der Waals surface area (Å²) in [4.78, 5) is 21.8. The van der Waals surface area contributed by atoms with Gasteiger partial charge >= 0.3 is 0 Å². The predicted molar refractivity (Wildman–Crippen MR) is 150 cm³/mol. The maximum Gasteiger partial charge on any atom is 0.260 e. The number of benzene rings is 2. The van der Waals surface area contributed by atoms with Crippen molar-refractivity contribution in [3.8, 4) is 0 Å². The van der Waals surface area contributed by atoms with Crippen molar-refractivity contribution >= 4 is 55.0 Å². The fourth-order valence-corrected chi connectivity index (χ4v) is 7.41. The van der Waals surface area contributed by atoms with E-state index in [2.05, 4.69) is 18.8 Å². The number of halogens is 2. The number of para-hydroxylation sites is 1. The summed E-state index contributed by atoms with van der Waals surface area (Å²) in [7, 11) is 0.283. The van der Waals surface area contributed by atoms with Gasteiger partial charge in [0, 0.05) is 25.2 Å². The zero-order valence-corrected chi connectivity index (χ0v) is 24.0. The van der Waals surface area contributed by atoms with Crippen LogP contribution in [0.15, 0.2) is 47.4 Å². The highest BCUT2D eigenvalue weighted by Crippen LogP contribution is 2.32. The predicted octanol–water partition coefficient (Wildman–Crippen LogP) is 5.12. The lowest BCUT2D eigenvalue weighted by Crippen LogP contribution is -2.42. The second kappa shape index (κ2) is 12.2. The molecule has 0 bridgehead atoms. The highest BCUT2D eigenvalue weighted by Gasteiger charge is 2.32. The molecule has 0 spiro atoms. The molecule has 0 radical (unpaired) electrons. The van der Waals surface area contributed by atoms with E-state index in [1.807, 2.05) is 19.0 Å². The van der Waals surface area contributed by atoms with E-state index < -0.39 is 15.8 Å². The number of piperidine rings is 1. The van der Waals surface area contributed by atoms with Crippen molar-refractivity contribution in [3.05, 3.63) is 53.8 Å². The number of carbonyl (C=O) groups excluding carboxylic acids is 1. The number of carbonyl (C=O) groups is 1. The van der Waals surface area contributed by atoms with Crippen molar-refractivity contribution in [2.45, 2.75) is 31.6 Å². The van der Waals surface area contributed by atoms with Crippen molar-refractivity contribution in [2.75, 3.05) is 45.2 Å². The van der Waals surface area contributed by atoms with Gasteiger partial charge < -0.3 is 4.90 Å². The summed E-state index contributed by atoms with van der Waals surface area (Å²) >= 11 is 1.27. The molecule has 2 unspecified atom stereocenters. The molecule has 1 aliphatic heterocycles. The first-order valence-electron chi connectivity index (χ1n) is 12.2. The van der Waals surface area contributed by atoms with Crippen LogP contribution in [0.1, 0.15) is 37.0 Å². The molecule has 2 atom stereocenters. The minimum atomic E-state index is -3.64. The van der Waals surface area contributed by atoms with E-state index >= 15 is 0 Å². The maximum absolute atomic E-state index is 14.3. The van der Waals surface area contributed by atoms with Crippen molar-refractivity contribution in [1.29, 1.82) is 0 Å². The molecule has 0 aliphatic carbocycles. The van der Waals surface area contributed by atoms with Gasteiger partial charge in [-0.25, -0.2) is 17.8 Å². The molecule has 1 saturated heterocycles. The van der Waals surface area contributed by atoms with Crippen LogP contribution in [0.4, 0.5) is 9.52 Å². The summed E-state index contributed by atoms with van der Waals surface area (Å²) < 4.78 is 43.0. The molecule has 1 amide bonds. The number of hydrogen-bond acceptors (Lipinski definition) is 6. The molecule has 11 heteroatoms. The number of amides is 1. The summed E-state index contributed by atoms with van der Waals surface area (Å²) in [5.74, 6) is -0.110. The van der Waals surface area contributed by atoms with E-state index in [0.29, 0.717) is 53.3 Å². The number of anilines is 1. The van der Waals surface area contributed by atoms with Crippen LogP contribution in [0.5, 0.6) is 0 Å². The number of sulfonamides is 1. The van der Waals surface area contributed by atoms with Crippen LogP contribution in [0.2, 0.25) is 0 Å². The Morgan fingerprint density at radius 3 is 2.32 bits per heavy atom. The first kappa shape index (κ1) is 29.4. The number of rotatable bonds is 8. The Bertz CT molecular complexity index is 1320. The second-order valence-corrected chi connectivity index (χ2v) is 12.9. The van der Waals surface area contributed by atoms with Gasteiger partial charge in [-0.1, -0.05) is 31.3 Å². The van der Waals surface area contributed by atoms with E-state index in [9.17, 15) is 17.6 Å². The van der Waals surface area contributed by atoms with Gasteiger partial charge in [0.25, 0.3) is 5.91 Å². The van der Waals surface area contributed by atoms with Crippen molar-refractivity contribution in [1.82, 2.24) is 14.2 Å². The van der Waals surface area contributed by atoms with Crippen molar-refractivity contribution in [3.63, 3.8) is 0 Å². The van der Waals surface area contributed by atoms with Gasteiger partial charge in [-0.3, -0.25) is 9.69 Å². The summed E-state index contributed by atoms with van der Waals surface area (Å²) in [5, 5.41) is 0.423. The molecule has 1 aliphatic rings. The number of aromatic nitrogens is 1. The first-order valence-corrected chi connectivity index (χ1v) is 14.4. The van der Waals surface area contributed by atoms with E-state index in [4.69, 9.17) is 0 Å². The minimum Gasteiger partial charge on any atom is -0.309 e. The fraction of sp³-hybridized carbons (Fsp3) is 0.462. The van der Waals surface area contributed by atoms with Crippen LogP contribution in [0, 0.1) is 17.7 Å². The standard InChI is InChI=1S/C26H33FN4O3S2.ClH/c1-18-15-19(2)17-30(16-18)36(33,34)21-11-9-20(10-12-21)25(32)31(14-6-13-29(3)4)26-28-24-22(27)7-5-8-23(24)35-26;/h5,7-12,18-19H,6,13-17H2,1-4H3;1H. The zero-order chi connectivity index (χ0) is 26.0. The Hall–Kier alpha value is -2.11. The summed E-state index contributed by atoms with van der Waals surface area (Å²) in [6, 6.07) is 10.9. The molecule has 4 rings (SSSR count). The number of hydrogen-bond donors (Lipinski definition) is 0. The lowest BCUT2D eigenvalue weighted by atomic mass is 9.94. The molecule has 0 saturated carbocycles. The van der Waals surface area contributed by atoms with Gasteiger partial charge in [0.1, 0.15) is 11.3 Å². The fourth-order valence-electron chi connectivity index (χ4n) is 4.72. The number of thiazole rings is 1. The van der Waals surface area contributed by atoms with Crippen LogP contribution in [-0.2, 0) is 10.0 Å². The van der Waals surface area contributed by atoms with Crippen LogP contribution in [-0.4, -0.2) is 68.8 Å². The Morgan fingerprint density at radius 2 is 1.73 bits per heavy atom. The SMILES string of the molecule is CC1CC(C)CN(S(=O)(=O)c2ccc(C(=O)N(CCCN(C)C)c3nc4c(F)cccc4s3)cc2)C1.Cl. The van der Waals surface area contributed by atoms with Crippen LogP contribution in [0.25, 0.3) is 10.2 Å². The zero-order valence-electron chi connectivity index (χ0n) is 21.6. The summed E-state index contributed by atoms with van der Waals surface area (Å²) in [6.45, 7) is 6.31. The Balaban J connectivity index is 0.00000380. The molecule has 1 fully saturated rings. The molecular weight excluding hydrogens is 535 g/mol. The van der Waals surface area contributed by atoms with Gasteiger partial charge in [-0.05, 0) is 81.7 Å². The maximum atomic E-state index is 14.3. The average molecular weight is 569 g/mol.